The van der Waals surface area contributed by atoms with Crippen LogP contribution in [0.15, 0.2) is 77.8 Å². The van der Waals surface area contributed by atoms with Crippen LogP contribution in [0.3, 0.4) is 0 Å². The number of thioether (sulfide) groups is 1. The lowest BCUT2D eigenvalue weighted by molar-refractivity contribution is -0.136. The van der Waals surface area contributed by atoms with E-state index in [2.05, 4.69) is 20.9 Å². The Bertz CT molecular complexity index is 2100. The van der Waals surface area contributed by atoms with Gasteiger partial charge in [0, 0.05) is 54.9 Å². The molecule has 16 heteroatoms. The third-order valence-electron chi connectivity index (χ3n) is 9.76. The first-order valence-electron chi connectivity index (χ1n) is 18.6. The predicted molar refractivity (Wildman–Crippen MR) is 207 cm³/mol. The molecule has 0 spiro atoms. The lowest BCUT2D eigenvalue weighted by Crippen LogP contribution is -2.54. The number of hydrogen-bond donors (Lipinski definition) is 4. The van der Waals surface area contributed by atoms with Crippen LogP contribution in [0.25, 0.3) is 5.69 Å². The number of rotatable bonds is 18. The summed E-state index contributed by atoms with van der Waals surface area (Å²) in [7, 11) is 1.83. The molecule has 2 aliphatic heterocycles. The summed E-state index contributed by atoms with van der Waals surface area (Å²) >= 11 is 1.62. The Labute approximate surface area is 328 Å². The zero-order chi connectivity index (χ0) is 39.6. The van der Waals surface area contributed by atoms with Gasteiger partial charge in [0.2, 0.25) is 17.7 Å². The zero-order valence-electron chi connectivity index (χ0n) is 31.0. The van der Waals surface area contributed by atoms with Gasteiger partial charge in [0.05, 0.1) is 28.7 Å². The van der Waals surface area contributed by atoms with Crippen molar-refractivity contribution in [3.05, 3.63) is 101 Å². The summed E-state index contributed by atoms with van der Waals surface area (Å²) in [6.07, 6.45) is 8.35. The Morgan fingerprint density at radius 2 is 1.68 bits per heavy atom. The Hall–Kier alpha value is -5.87. The molecule has 2 aliphatic rings. The third kappa shape index (κ3) is 9.86. The van der Waals surface area contributed by atoms with Crippen molar-refractivity contribution in [2.45, 2.75) is 81.0 Å². The zero-order valence-corrected chi connectivity index (χ0v) is 31.8. The molecule has 6 amide bonds. The lowest BCUT2D eigenvalue weighted by Gasteiger charge is -2.27. The van der Waals surface area contributed by atoms with Gasteiger partial charge in [-0.15, -0.1) is 16.9 Å². The highest BCUT2D eigenvalue weighted by atomic mass is 32.2. The van der Waals surface area contributed by atoms with Crippen LogP contribution in [-0.2, 0) is 26.7 Å². The number of nitrogens with one attached hydrogen (secondary N) is 3. The average Bonchev–Trinajstić information content (AvgIpc) is 3.78. The maximum absolute atomic E-state index is 13.0. The van der Waals surface area contributed by atoms with E-state index < -0.39 is 35.6 Å². The molecule has 56 heavy (non-hydrogen) atoms. The van der Waals surface area contributed by atoms with Crippen molar-refractivity contribution in [2.24, 2.45) is 0 Å². The first kappa shape index (κ1) is 39.8. The van der Waals surface area contributed by atoms with Crippen molar-refractivity contribution >= 4 is 52.9 Å². The number of carbonyl (C=O) groups is 6. The Morgan fingerprint density at radius 3 is 2.45 bits per heavy atom. The van der Waals surface area contributed by atoms with Crippen LogP contribution in [0, 0.1) is 0 Å². The van der Waals surface area contributed by atoms with Gasteiger partial charge in [-0.2, -0.15) is 0 Å². The highest BCUT2D eigenvalue weighted by molar-refractivity contribution is 7.98. The molecule has 1 unspecified atom stereocenters. The second-order valence-corrected chi connectivity index (χ2v) is 14.9. The second kappa shape index (κ2) is 18.6. The molecule has 4 N–H and O–H groups in total. The summed E-state index contributed by atoms with van der Waals surface area (Å²) < 4.78 is 1.58. The quantitative estimate of drug-likeness (QED) is 0.0353. The minimum Gasteiger partial charge on any atom is -0.385 e. The highest BCUT2D eigenvalue weighted by Gasteiger charge is 2.44. The standard InChI is InChI=1S/C40H44N8O7S/c1-46(23-26-12-15-31(16-13-26)56-25-29-24-47(45-43-29)30-10-8-9-27(21-30)37(51)44-55)36(50)11-6-4-2-3-5-7-20-41-28-14-17-32-33(22-28)40(54)48(39(32)53)34-18-19-35(49)42-38(34)52/h8-10,12-17,21-22,24,34,41,55H,2-7,11,18-20,23,25H2,1H3,(H,44,51)(H,42,49,52). The molecule has 0 radical (unpaired) electrons. The number of aromatic nitrogens is 3. The van der Waals surface area contributed by atoms with E-state index in [1.54, 1.807) is 75.5 Å². The van der Waals surface area contributed by atoms with E-state index >= 15 is 0 Å². The first-order valence-corrected chi connectivity index (χ1v) is 19.6. The first-order chi connectivity index (χ1) is 27.1. The van der Waals surface area contributed by atoms with Crippen molar-refractivity contribution in [3.8, 4) is 5.69 Å². The van der Waals surface area contributed by atoms with Crippen molar-refractivity contribution in [3.63, 3.8) is 0 Å². The largest absolute Gasteiger partial charge is 0.385 e. The summed E-state index contributed by atoms with van der Waals surface area (Å²) in [4.78, 5) is 78.0. The summed E-state index contributed by atoms with van der Waals surface area (Å²) in [5.41, 5.74) is 5.65. The summed E-state index contributed by atoms with van der Waals surface area (Å²) in [5, 5.41) is 22.8. The summed E-state index contributed by atoms with van der Waals surface area (Å²) in [6.45, 7) is 1.24. The number of hydrogen-bond acceptors (Lipinski definition) is 11. The van der Waals surface area contributed by atoms with Crippen molar-refractivity contribution in [2.75, 3.05) is 18.9 Å². The maximum Gasteiger partial charge on any atom is 0.274 e. The Kier molecular flexibility index (Phi) is 13.3. The number of imide groups is 2. The van der Waals surface area contributed by atoms with Crippen LogP contribution in [0.5, 0.6) is 0 Å². The van der Waals surface area contributed by atoms with Gasteiger partial charge in [0.1, 0.15) is 6.04 Å². The van der Waals surface area contributed by atoms with Crippen LogP contribution in [-0.4, -0.2) is 85.1 Å². The second-order valence-electron chi connectivity index (χ2n) is 13.8. The summed E-state index contributed by atoms with van der Waals surface area (Å²) in [5.74, 6) is -1.95. The van der Waals surface area contributed by atoms with E-state index in [9.17, 15) is 28.8 Å². The normalized spacial score (nSPS) is 15.1. The van der Waals surface area contributed by atoms with E-state index in [-0.39, 0.29) is 29.9 Å². The number of carbonyl (C=O) groups excluding carboxylic acids is 6. The smallest absolute Gasteiger partial charge is 0.274 e. The van der Waals surface area contributed by atoms with Crippen molar-refractivity contribution in [1.82, 2.24) is 35.6 Å². The molecule has 3 heterocycles. The Morgan fingerprint density at radius 1 is 0.929 bits per heavy atom. The van der Waals surface area contributed by atoms with Crippen molar-refractivity contribution in [1.29, 1.82) is 0 Å². The van der Waals surface area contributed by atoms with Crippen LogP contribution >= 0.6 is 11.8 Å². The van der Waals surface area contributed by atoms with Gasteiger partial charge in [-0.3, -0.25) is 44.2 Å². The number of fused-ring (bicyclic) bond motifs is 1. The van der Waals surface area contributed by atoms with Gasteiger partial charge in [-0.1, -0.05) is 49.1 Å². The fourth-order valence-electron chi connectivity index (χ4n) is 6.67. The molecule has 0 aliphatic carbocycles. The van der Waals surface area contributed by atoms with E-state index in [0.717, 1.165) is 65.3 Å². The van der Waals surface area contributed by atoms with Gasteiger partial charge in [0.15, 0.2) is 0 Å². The number of piperidine rings is 1. The molecular weight excluding hydrogens is 737 g/mol. The molecule has 292 valence electrons. The predicted octanol–water partition coefficient (Wildman–Crippen LogP) is 4.88. The molecule has 1 saturated heterocycles. The Balaban J connectivity index is 0.827. The monoisotopic (exact) mass is 780 g/mol. The van der Waals surface area contributed by atoms with Crippen LogP contribution < -0.4 is 16.1 Å². The van der Waals surface area contributed by atoms with E-state index in [4.69, 9.17) is 5.21 Å². The molecule has 3 aromatic carbocycles. The number of nitrogens with zero attached hydrogens (tertiary/aromatic N) is 5. The van der Waals surface area contributed by atoms with Gasteiger partial charge in [-0.05, 0) is 73.4 Å². The molecule has 1 atom stereocenters. The minimum atomic E-state index is -0.981. The maximum atomic E-state index is 13.0. The summed E-state index contributed by atoms with van der Waals surface area (Å²) in [6, 6.07) is 18.8. The lowest BCUT2D eigenvalue weighted by atomic mass is 10.0. The third-order valence-corrected chi connectivity index (χ3v) is 10.8. The van der Waals surface area contributed by atoms with Crippen LogP contribution in [0.1, 0.15) is 100 Å². The van der Waals surface area contributed by atoms with Gasteiger partial charge in [-0.25, -0.2) is 10.2 Å². The number of anilines is 1. The van der Waals surface area contributed by atoms with Crippen LogP contribution in [0.2, 0.25) is 0 Å². The van der Waals surface area contributed by atoms with Gasteiger partial charge in [0.25, 0.3) is 17.7 Å². The number of unbranched alkanes of at least 4 members (excludes halogenated alkanes) is 5. The molecular formula is C40H44N8O7S. The van der Waals surface area contributed by atoms with Crippen molar-refractivity contribution < 1.29 is 34.0 Å². The average molecular weight is 781 g/mol. The molecule has 0 bridgehead atoms. The van der Waals surface area contributed by atoms with E-state index in [1.807, 2.05) is 31.3 Å². The molecule has 15 nitrogen and oxygen atoms in total. The minimum absolute atomic E-state index is 0.0812. The highest BCUT2D eigenvalue weighted by Crippen LogP contribution is 2.30. The van der Waals surface area contributed by atoms with Crippen LogP contribution in [0.4, 0.5) is 5.69 Å². The molecule has 0 saturated carbocycles. The van der Waals surface area contributed by atoms with E-state index in [1.165, 1.54) is 0 Å². The fraction of sp³-hybridized carbons (Fsp3) is 0.350. The topological polar surface area (TPSA) is 196 Å². The molecule has 1 aromatic heterocycles. The van der Waals surface area contributed by atoms with Gasteiger partial charge >= 0.3 is 0 Å². The van der Waals surface area contributed by atoms with Gasteiger partial charge < -0.3 is 10.2 Å². The fourth-order valence-corrected chi connectivity index (χ4v) is 7.44. The molecule has 4 aromatic rings. The number of amides is 6. The molecule has 6 rings (SSSR count). The number of hydroxylamine groups is 1. The van der Waals surface area contributed by atoms with E-state index in [0.29, 0.717) is 36.5 Å². The molecule has 1 fully saturated rings. The SMILES string of the molecule is CN(Cc1ccc(SCc2cn(-c3cccc(C(=O)NO)c3)nn2)cc1)C(=O)CCCCCCCCNc1ccc2c(c1)C(=O)N(C1CCC(=O)NC1=O)C2=O. The number of benzene rings is 3.